The van der Waals surface area contributed by atoms with Gasteiger partial charge in [0.25, 0.3) is 0 Å². The maximum absolute atomic E-state index is 5.69. The Hall–Kier alpha value is -2.80. The van der Waals surface area contributed by atoms with Crippen LogP contribution in [-0.4, -0.2) is 28.8 Å². The summed E-state index contributed by atoms with van der Waals surface area (Å²) >= 11 is 1.77. The average molecular weight is 384 g/mol. The van der Waals surface area contributed by atoms with Gasteiger partial charge in [-0.2, -0.15) is 5.10 Å². The Morgan fingerprint density at radius 1 is 1.22 bits per heavy atom. The number of aliphatic imine (C=N–C) groups is 1. The van der Waals surface area contributed by atoms with E-state index in [0.717, 1.165) is 36.1 Å². The second kappa shape index (κ2) is 9.78. The van der Waals surface area contributed by atoms with Gasteiger partial charge in [-0.05, 0) is 62.0 Å². The van der Waals surface area contributed by atoms with Crippen molar-refractivity contribution in [2.45, 2.75) is 32.9 Å². The van der Waals surface area contributed by atoms with Gasteiger partial charge in [-0.3, -0.25) is 5.10 Å². The third-order valence-electron chi connectivity index (χ3n) is 3.70. The molecule has 3 rings (SSSR count). The first-order chi connectivity index (χ1) is 13.2. The third-order valence-corrected chi connectivity index (χ3v) is 4.63. The molecule has 0 unspecified atom stereocenters. The number of benzene rings is 1. The monoisotopic (exact) mass is 383 g/mol. The fourth-order valence-electron chi connectivity index (χ4n) is 2.46. The van der Waals surface area contributed by atoms with E-state index in [0.29, 0.717) is 6.54 Å². The minimum Gasteiger partial charge on any atom is -0.491 e. The Morgan fingerprint density at radius 2 is 2.07 bits per heavy atom. The lowest BCUT2D eigenvalue weighted by atomic mass is 10.3. The van der Waals surface area contributed by atoms with Gasteiger partial charge in [0.15, 0.2) is 5.96 Å². The molecular weight excluding hydrogens is 358 g/mol. The summed E-state index contributed by atoms with van der Waals surface area (Å²) in [6.07, 6.45) is 2.86. The number of hydrogen-bond acceptors (Lipinski definition) is 4. The number of ether oxygens (including phenoxy) is 1. The van der Waals surface area contributed by atoms with Gasteiger partial charge in [-0.25, -0.2) is 4.99 Å². The van der Waals surface area contributed by atoms with Crippen molar-refractivity contribution in [1.29, 1.82) is 0 Å². The smallest absolute Gasteiger partial charge is 0.196 e. The Bertz CT molecular complexity index is 811. The number of guanidine groups is 1. The van der Waals surface area contributed by atoms with Gasteiger partial charge in [0.05, 0.1) is 18.3 Å². The number of hydrogen-bond donors (Lipinski definition) is 3. The molecule has 0 saturated heterocycles. The van der Waals surface area contributed by atoms with Gasteiger partial charge in [0.2, 0.25) is 0 Å². The molecular formula is C20H25N5OS. The Labute approximate surface area is 163 Å². The van der Waals surface area contributed by atoms with Gasteiger partial charge in [0.1, 0.15) is 5.75 Å². The molecule has 3 aromatic rings. The molecule has 0 bridgehead atoms. The molecule has 0 amide bonds. The van der Waals surface area contributed by atoms with Crippen LogP contribution in [0.5, 0.6) is 5.75 Å². The van der Waals surface area contributed by atoms with E-state index in [4.69, 9.17) is 4.74 Å². The topological polar surface area (TPSA) is 74.3 Å². The minimum absolute atomic E-state index is 0.161. The second-order valence-electron chi connectivity index (χ2n) is 6.32. The largest absolute Gasteiger partial charge is 0.491 e. The van der Waals surface area contributed by atoms with Crippen molar-refractivity contribution in [2.24, 2.45) is 4.99 Å². The Balaban J connectivity index is 1.61. The molecule has 0 aliphatic heterocycles. The molecule has 7 heteroatoms. The van der Waals surface area contributed by atoms with E-state index in [9.17, 15) is 0 Å². The third kappa shape index (κ3) is 6.45. The summed E-state index contributed by atoms with van der Waals surface area (Å²) in [7, 11) is 0. The van der Waals surface area contributed by atoms with Crippen molar-refractivity contribution in [3.8, 4) is 5.75 Å². The first-order valence-electron chi connectivity index (χ1n) is 9.02. The van der Waals surface area contributed by atoms with Crippen molar-refractivity contribution in [1.82, 2.24) is 15.5 Å². The lowest BCUT2D eigenvalue weighted by Gasteiger charge is -2.14. The van der Waals surface area contributed by atoms with Crippen LogP contribution < -0.4 is 15.4 Å². The predicted molar refractivity (Wildman–Crippen MR) is 112 cm³/mol. The van der Waals surface area contributed by atoms with Crippen molar-refractivity contribution in [3.63, 3.8) is 0 Å². The molecule has 0 aliphatic rings. The first kappa shape index (κ1) is 19.0. The molecule has 27 heavy (non-hydrogen) atoms. The highest BCUT2D eigenvalue weighted by Crippen LogP contribution is 2.17. The van der Waals surface area contributed by atoms with Gasteiger partial charge >= 0.3 is 0 Å². The van der Waals surface area contributed by atoms with E-state index < -0.39 is 0 Å². The molecule has 1 aromatic carbocycles. The zero-order valence-electron chi connectivity index (χ0n) is 15.6. The molecule has 0 saturated carbocycles. The number of nitrogens with one attached hydrogen (secondary N) is 3. The highest BCUT2D eigenvalue weighted by atomic mass is 32.1. The normalized spacial score (nSPS) is 11.6. The Kier molecular flexibility index (Phi) is 6.87. The molecule has 0 radical (unpaired) electrons. The summed E-state index contributed by atoms with van der Waals surface area (Å²) in [6, 6.07) is 14.0. The summed E-state index contributed by atoms with van der Waals surface area (Å²) in [5, 5.41) is 15.7. The molecule has 0 spiro atoms. The van der Waals surface area contributed by atoms with E-state index >= 15 is 0 Å². The highest BCUT2D eigenvalue weighted by Gasteiger charge is 2.03. The summed E-state index contributed by atoms with van der Waals surface area (Å²) in [5.41, 5.74) is 1.92. The van der Waals surface area contributed by atoms with Crippen LogP contribution in [0.3, 0.4) is 0 Å². The summed E-state index contributed by atoms with van der Waals surface area (Å²) in [5.74, 6) is 1.59. The standard InChI is InChI=1S/C20H25N5OS/c1-15(2)26-18-7-5-16(6-8-18)24-20(22-14-17-9-12-23-25-17)21-11-10-19-4-3-13-27-19/h3-9,12-13,15H,10-11,14H2,1-2H3,(H,23,25)(H2,21,22,24). The zero-order chi connectivity index (χ0) is 18.9. The second-order valence-corrected chi connectivity index (χ2v) is 7.35. The summed E-state index contributed by atoms with van der Waals surface area (Å²) in [4.78, 5) is 6.00. The molecule has 0 fully saturated rings. The van der Waals surface area contributed by atoms with E-state index in [1.54, 1.807) is 17.5 Å². The fraction of sp³-hybridized carbons (Fsp3) is 0.300. The van der Waals surface area contributed by atoms with Crippen LogP contribution in [-0.2, 0) is 13.0 Å². The molecule has 0 aliphatic carbocycles. The fourth-order valence-corrected chi connectivity index (χ4v) is 3.17. The number of thiophene rings is 1. The molecule has 2 heterocycles. The first-order valence-corrected chi connectivity index (χ1v) is 9.90. The van der Waals surface area contributed by atoms with Gasteiger partial charge in [-0.1, -0.05) is 6.07 Å². The van der Waals surface area contributed by atoms with Gasteiger partial charge < -0.3 is 15.4 Å². The van der Waals surface area contributed by atoms with Crippen LogP contribution >= 0.6 is 11.3 Å². The lowest BCUT2D eigenvalue weighted by molar-refractivity contribution is 0.242. The van der Waals surface area contributed by atoms with E-state index in [2.05, 4.69) is 43.3 Å². The number of anilines is 1. The Morgan fingerprint density at radius 3 is 2.74 bits per heavy atom. The van der Waals surface area contributed by atoms with Crippen molar-refractivity contribution in [3.05, 3.63) is 64.6 Å². The van der Waals surface area contributed by atoms with Crippen LogP contribution in [0.1, 0.15) is 24.4 Å². The van der Waals surface area contributed by atoms with Crippen LogP contribution in [0.2, 0.25) is 0 Å². The van der Waals surface area contributed by atoms with Crippen LogP contribution in [0.4, 0.5) is 5.69 Å². The zero-order valence-corrected chi connectivity index (χ0v) is 16.4. The molecule has 142 valence electrons. The van der Waals surface area contributed by atoms with E-state index in [1.807, 2.05) is 44.2 Å². The number of nitrogens with zero attached hydrogens (tertiary/aromatic N) is 2. The van der Waals surface area contributed by atoms with Crippen molar-refractivity contribution in [2.75, 3.05) is 11.9 Å². The quantitative estimate of drug-likeness (QED) is 0.405. The van der Waals surface area contributed by atoms with E-state index in [1.165, 1.54) is 4.88 Å². The van der Waals surface area contributed by atoms with E-state index in [-0.39, 0.29) is 6.10 Å². The SMILES string of the molecule is CC(C)Oc1ccc(NC(=NCc2ccn[nH]2)NCCc2cccs2)cc1. The molecule has 2 aromatic heterocycles. The van der Waals surface area contributed by atoms with Crippen molar-refractivity contribution >= 4 is 23.0 Å². The number of H-pyrrole nitrogens is 1. The molecule has 3 N–H and O–H groups in total. The number of aromatic amines is 1. The van der Waals surface area contributed by atoms with Crippen molar-refractivity contribution < 1.29 is 4.74 Å². The average Bonchev–Trinajstić information content (AvgIpc) is 3.34. The molecule has 0 atom stereocenters. The lowest BCUT2D eigenvalue weighted by Crippen LogP contribution is -2.32. The number of rotatable bonds is 8. The van der Waals surface area contributed by atoms with Crippen LogP contribution in [0.15, 0.2) is 59.0 Å². The van der Waals surface area contributed by atoms with Crippen LogP contribution in [0, 0.1) is 0 Å². The van der Waals surface area contributed by atoms with Gasteiger partial charge in [0, 0.05) is 23.3 Å². The predicted octanol–water partition coefficient (Wildman–Crippen LogP) is 4.06. The summed E-state index contributed by atoms with van der Waals surface area (Å²) < 4.78 is 5.69. The maximum atomic E-state index is 5.69. The highest BCUT2D eigenvalue weighted by molar-refractivity contribution is 7.09. The van der Waals surface area contributed by atoms with Gasteiger partial charge in [-0.15, -0.1) is 11.3 Å². The maximum Gasteiger partial charge on any atom is 0.196 e. The summed E-state index contributed by atoms with van der Waals surface area (Å²) in [6.45, 7) is 5.38. The van der Waals surface area contributed by atoms with Crippen LogP contribution in [0.25, 0.3) is 0 Å². The minimum atomic E-state index is 0.161. The number of aromatic nitrogens is 2. The molecule has 6 nitrogen and oxygen atoms in total.